The van der Waals surface area contributed by atoms with E-state index in [0.717, 1.165) is 23.1 Å². The quantitative estimate of drug-likeness (QED) is 0.732. The summed E-state index contributed by atoms with van der Waals surface area (Å²) >= 11 is 0. The van der Waals surface area contributed by atoms with E-state index < -0.39 is 6.04 Å². The van der Waals surface area contributed by atoms with Crippen LogP contribution in [-0.2, 0) is 22.6 Å². The number of nitrogens with zero attached hydrogens (tertiary/aromatic N) is 1. The number of nitrogens with one attached hydrogen (secondary N) is 1. The molecule has 2 rings (SSSR count). The Hall–Kier alpha value is -2.62. The number of aryl methyl sites for hydroxylation is 2. The average molecular weight is 367 g/mol. The summed E-state index contributed by atoms with van der Waals surface area (Å²) in [6.07, 6.45) is 1.94. The van der Waals surface area contributed by atoms with E-state index in [4.69, 9.17) is 0 Å². The lowest BCUT2D eigenvalue weighted by molar-refractivity contribution is -0.140. The molecule has 4 heteroatoms. The molecule has 0 aromatic heterocycles. The average Bonchev–Trinajstić information content (AvgIpc) is 2.70. The molecule has 144 valence electrons. The van der Waals surface area contributed by atoms with Gasteiger partial charge in [0.15, 0.2) is 0 Å². The van der Waals surface area contributed by atoms with Crippen LogP contribution in [0.2, 0.25) is 0 Å². The molecule has 0 aliphatic carbocycles. The van der Waals surface area contributed by atoms with Crippen molar-refractivity contribution in [3.63, 3.8) is 0 Å². The van der Waals surface area contributed by atoms with E-state index in [1.54, 1.807) is 4.90 Å². The number of carbonyl (C=O) groups excluding carboxylic acids is 2. The van der Waals surface area contributed by atoms with Crippen molar-refractivity contribution in [3.05, 3.63) is 71.3 Å². The SMILES string of the molecule is CCCNC(=O)[C@@H](C)N(Cc1ccccc1C)C(=O)CCc1ccccc1. The molecule has 0 saturated heterocycles. The van der Waals surface area contributed by atoms with E-state index in [2.05, 4.69) is 5.32 Å². The number of hydrogen-bond acceptors (Lipinski definition) is 2. The fraction of sp³-hybridized carbons (Fsp3) is 0.391. The number of benzene rings is 2. The first-order valence-electron chi connectivity index (χ1n) is 9.68. The molecule has 0 heterocycles. The predicted octanol–water partition coefficient (Wildman–Crippen LogP) is 3.87. The van der Waals surface area contributed by atoms with Crippen LogP contribution in [0.3, 0.4) is 0 Å². The lowest BCUT2D eigenvalue weighted by atomic mass is 10.1. The van der Waals surface area contributed by atoms with Crippen LogP contribution in [0.25, 0.3) is 0 Å². The highest BCUT2D eigenvalue weighted by Crippen LogP contribution is 2.15. The molecule has 0 aliphatic rings. The van der Waals surface area contributed by atoms with Crippen molar-refractivity contribution < 1.29 is 9.59 Å². The Labute approximate surface area is 162 Å². The first-order valence-corrected chi connectivity index (χ1v) is 9.68. The molecule has 2 aromatic rings. The zero-order valence-corrected chi connectivity index (χ0v) is 16.6. The topological polar surface area (TPSA) is 49.4 Å². The van der Waals surface area contributed by atoms with E-state index in [9.17, 15) is 9.59 Å². The van der Waals surface area contributed by atoms with E-state index in [0.29, 0.717) is 25.9 Å². The highest BCUT2D eigenvalue weighted by molar-refractivity contribution is 5.87. The minimum Gasteiger partial charge on any atom is -0.354 e. The minimum absolute atomic E-state index is 0.00116. The Kier molecular flexibility index (Phi) is 8.05. The van der Waals surface area contributed by atoms with Crippen molar-refractivity contribution in [2.24, 2.45) is 0 Å². The second kappa shape index (κ2) is 10.5. The van der Waals surface area contributed by atoms with E-state index in [-0.39, 0.29) is 11.8 Å². The smallest absolute Gasteiger partial charge is 0.242 e. The third kappa shape index (κ3) is 6.24. The van der Waals surface area contributed by atoms with E-state index in [1.165, 1.54) is 0 Å². The van der Waals surface area contributed by atoms with Gasteiger partial charge in [-0.25, -0.2) is 0 Å². The summed E-state index contributed by atoms with van der Waals surface area (Å²) in [6.45, 7) is 6.93. The highest BCUT2D eigenvalue weighted by Gasteiger charge is 2.26. The van der Waals surface area contributed by atoms with Crippen LogP contribution < -0.4 is 5.32 Å². The largest absolute Gasteiger partial charge is 0.354 e. The molecule has 0 spiro atoms. The first-order chi connectivity index (χ1) is 13.0. The Morgan fingerprint density at radius 2 is 1.70 bits per heavy atom. The van der Waals surface area contributed by atoms with Gasteiger partial charge < -0.3 is 10.2 Å². The van der Waals surface area contributed by atoms with Gasteiger partial charge in [0, 0.05) is 19.5 Å². The second-order valence-electron chi connectivity index (χ2n) is 6.90. The Morgan fingerprint density at radius 1 is 1.04 bits per heavy atom. The van der Waals surface area contributed by atoms with Gasteiger partial charge in [-0.1, -0.05) is 61.5 Å². The standard InChI is InChI=1S/C23H30N2O2/c1-4-16-24-23(27)19(3)25(17-21-13-9-8-10-18(21)2)22(26)15-14-20-11-6-5-7-12-20/h5-13,19H,4,14-17H2,1-3H3,(H,24,27)/t19-/m1/s1. The van der Waals surface area contributed by atoms with Crippen LogP contribution in [0.1, 0.15) is 43.4 Å². The lowest BCUT2D eigenvalue weighted by Gasteiger charge is -2.29. The molecular formula is C23H30N2O2. The summed E-state index contributed by atoms with van der Waals surface area (Å²) in [5, 5.41) is 2.91. The number of amides is 2. The molecule has 0 unspecified atom stereocenters. The Morgan fingerprint density at radius 3 is 2.37 bits per heavy atom. The molecule has 2 aromatic carbocycles. The second-order valence-corrected chi connectivity index (χ2v) is 6.90. The third-order valence-corrected chi connectivity index (χ3v) is 4.79. The van der Waals surface area contributed by atoms with Crippen molar-refractivity contribution in [3.8, 4) is 0 Å². The normalized spacial score (nSPS) is 11.7. The third-order valence-electron chi connectivity index (χ3n) is 4.79. The zero-order valence-electron chi connectivity index (χ0n) is 16.6. The summed E-state index contributed by atoms with van der Waals surface area (Å²) in [6, 6.07) is 17.5. The van der Waals surface area contributed by atoms with Crippen LogP contribution >= 0.6 is 0 Å². The van der Waals surface area contributed by atoms with Crippen molar-refractivity contribution >= 4 is 11.8 Å². The summed E-state index contributed by atoms with van der Waals surface area (Å²) in [7, 11) is 0. The van der Waals surface area contributed by atoms with Gasteiger partial charge >= 0.3 is 0 Å². The Balaban J connectivity index is 2.13. The fourth-order valence-electron chi connectivity index (χ4n) is 2.99. The minimum atomic E-state index is -0.501. The number of carbonyl (C=O) groups is 2. The number of hydrogen-bond donors (Lipinski definition) is 1. The molecule has 0 radical (unpaired) electrons. The van der Waals surface area contributed by atoms with Gasteiger partial charge in [-0.2, -0.15) is 0 Å². The van der Waals surface area contributed by atoms with Gasteiger partial charge in [-0.3, -0.25) is 9.59 Å². The Bertz CT molecular complexity index is 743. The summed E-state index contributed by atoms with van der Waals surface area (Å²) in [4.78, 5) is 27.2. The molecule has 2 amide bonds. The van der Waals surface area contributed by atoms with Gasteiger partial charge in [-0.05, 0) is 43.4 Å². The van der Waals surface area contributed by atoms with Crippen LogP contribution in [0.4, 0.5) is 0 Å². The molecule has 0 aliphatic heterocycles. The fourth-order valence-corrected chi connectivity index (χ4v) is 2.99. The summed E-state index contributed by atoms with van der Waals surface area (Å²) in [5.74, 6) is -0.0975. The van der Waals surface area contributed by atoms with Crippen LogP contribution in [-0.4, -0.2) is 29.3 Å². The molecule has 1 N–H and O–H groups in total. The first kappa shape index (κ1) is 20.7. The van der Waals surface area contributed by atoms with Gasteiger partial charge in [-0.15, -0.1) is 0 Å². The maximum Gasteiger partial charge on any atom is 0.242 e. The summed E-state index contributed by atoms with van der Waals surface area (Å²) < 4.78 is 0. The van der Waals surface area contributed by atoms with Gasteiger partial charge in [0.25, 0.3) is 0 Å². The molecule has 0 fully saturated rings. The van der Waals surface area contributed by atoms with E-state index in [1.807, 2.05) is 75.4 Å². The highest BCUT2D eigenvalue weighted by atomic mass is 16.2. The van der Waals surface area contributed by atoms with Gasteiger partial charge in [0.1, 0.15) is 6.04 Å². The van der Waals surface area contributed by atoms with Gasteiger partial charge in [0.05, 0.1) is 0 Å². The van der Waals surface area contributed by atoms with Crippen LogP contribution in [0, 0.1) is 6.92 Å². The molecule has 4 nitrogen and oxygen atoms in total. The maximum absolute atomic E-state index is 13.0. The molecule has 1 atom stereocenters. The molecule has 0 saturated carbocycles. The van der Waals surface area contributed by atoms with Crippen molar-refractivity contribution in [1.82, 2.24) is 10.2 Å². The maximum atomic E-state index is 13.0. The number of rotatable bonds is 9. The van der Waals surface area contributed by atoms with Crippen molar-refractivity contribution in [2.45, 2.75) is 52.6 Å². The lowest BCUT2D eigenvalue weighted by Crippen LogP contribution is -2.47. The van der Waals surface area contributed by atoms with E-state index >= 15 is 0 Å². The van der Waals surface area contributed by atoms with Crippen molar-refractivity contribution in [1.29, 1.82) is 0 Å². The molecular weight excluding hydrogens is 336 g/mol. The van der Waals surface area contributed by atoms with Crippen LogP contribution in [0.5, 0.6) is 0 Å². The predicted molar refractivity (Wildman–Crippen MR) is 109 cm³/mol. The molecule has 27 heavy (non-hydrogen) atoms. The van der Waals surface area contributed by atoms with Crippen LogP contribution in [0.15, 0.2) is 54.6 Å². The summed E-state index contributed by atoms with van der Waals surface area (Å²) in [5.41, 5.74) is 3.32. The van der Waals surface area contributed by atoms with Crippen molar-refractivity contribution in [2.75, 3.05) is 6.54 Å². The zero-order chi connectivity index (χ0) is 19.6. The monoisotopic (exact) mass is 366 g/mol. The van der Waals surface area contributed by atoms with Gasteiger partial charge in [0.2, 0.25) is 11.8 Å². The molecule has 0 bridgehead atoms.